The molecule has 0 unspecified atom stereocenters. The van der Waals surface area contributed by atoms with Crippen molar-refractivity contribution < 1.29 is 18.7 Å². The maximum Gasteiger partial charge on any atom is 0.330 e. The highest BCUT2D eigenvalue weighted by atomic mass is 32.1. The highest BCUT2D eigenvalue weighted by Crippen LogP contribution is 2.32. The zero-order valence-corrected chi connectivity index (χ0v) is 18.6. The molecule has 0 bridgehead atoms. The molecule has 0 fully saturated rings. The van der Waals surface area contributed by atoms with Crippen molar-refractivity contribution in [3.63, 3.8) is 0 Å². The van der Waals surface area contributed by atoms with Gasteiger partial charge in [0.15, 0.2) is 11.3 Å². The number of carbonyl (C=O) groups is 1. The van der Waals surface area contributed by atoms with E-state index < -0.39 is 0 Å². The summed E-state index contributed by atoms with van der Waals surface area (Å²) in [5.74, 6) is 0.326. The minimum absolute atomic E-state index is 0.204. The van der Waals surface area contributed by atoms with Gasteiger partial charge in [-0.3, -0.25) is 0 Å². The van der Waals surface area contributed by atoms with Crippen LogP contribution in [0.15, 0.2) is 29.2 Å². The first-order chi connectivity index (χ1) is 14.5. The topological polar surface area (TPSA) is 72.5 Å². The van der Waals surface area contributed by atoms with E-state index in [0.717, 1.165) is 61.5 Å². The minimum Gasteiger partial charge on any atom is -0.490 e. The normalized spacial score (nSPS) is 10.6. The molecule has 2 rings (SSSR count). The Morgan fingerprint density at radius 2 is 1.77 bits per heavy atom. The standard InChI is InChI=1S/C24H29NO4S/c1-4-22(26)28-13-11-9-7-5-6-8-10-12-27-21-15-17(2)14-19-18(3)20(16-25)24(30)29-23(19)21/h4,14-15H,1,5-13H2,2-3H3. The van der Waals surface area contributed by atoms with E-state index in [2.05, 4.69) is 12.6 Å². The Labute approximate surface area is 183 Å². The molecule has 0 amide bonds. The molecule has 30 heavy (non-hydrogen) atoms. The summed E-state index contributed by atoms with van der Waals surface area (Å²) in [5, 5.41) is 10.2. The summed E-state index contributed by atoms with van der Waals surface area (Å²) >= 11 is 5.22. The first kappa shape index (κ1) is 23.6. The van der Waals surface area contributed by atoms with Crippen LogP contribution in [0.2, 0.25) is 0 Å². The van der Waals surface area contributed by atoms with Crippen LogP contribution in [0.1, 0.15) is 61.6 Å². The average molecular weight is 428 g/mol. The van der Waals surface area contributed by atoms with E-state index >= 15 is 0 Å². The SMILES string of the molecule is C=CC(=O)OCCCCCCCCCOc1cc(C)cc2c(C)c(C#N)c(=S)oc12. The maximum absolute atomic E-state index is 10.9. The largest absolute Gasteiger partial charge is 0.490 e. The third-order valence-electron chi connectivity index (χ3n) is 4.95. The van der Waals surface area contributed by atoms with Crippen molar-refractivity contribution in [2.45, 2.75) is 58.8 Å². The number of hydrogen-bond donors (Lipinski definition) is 0. The number of benzene rings is 1. The van der Waals surface area contributed by atoms with E-state index in [9.17, 15) is 10.1 Å². The van der Waals surface area contributed by atoms with Crippen LogP contribution in [-0.2, 0) is 9.53 Å². The number of fused-ring (bicyclic) bond motifs is 1. The Balaban J connectivity index is 1.75. The van der Waals surface area contributed by atoms with Gasteiger partial charge in [-0.25, -0.2) is 4.79 Å². The van der Waals surface area contributed by atoms with E-state index in [4.69, 9.17) is 26.1 Å². The van der Waals surface area contributed by atoms with Crippen molar-refractivity contribution in [1.29, 1.82) is 5.26 Å². The lowest BCUT2D eigenvalue weighted by Gasteiger charge is -2.12. The monoisotopic (exact) mass is 427 g/mol. The van der Waals surface area contributed by atoms with Gasteiger partial charge >= 0.3 is 5.97 Å². The van der Waals surface area contributed by atoms with Gasteiger partial charge in [0.25, 0.3) is 0 Å². The van der Waals surface area contributed by atoms with E-state index in [1.165, 1.54) is 6.08 Å². The van der Waals surface area contributed by atoms with E-state index in [-0.39, 0.29) is 10.7 Å². The van der Waals surface area contributed by atoms with Gasteiger partial charge in [0, 0.05) is 11.5 Å². The minimum atomic E-state index is -0.353. The van der Waals surface area contributed by atoms with Crippen molar-refractivity contribution in [3.05, 3.63) is 46.2 Å². The number of ether oxygens (including phenoxy) is 2. The van der Waals surface area contributed by atoms with Gasteiger partial charge in [-0.05, 0) is 62.2 Å². The lowest BCUT2D eigenvalue weighted by atomic mass is 10.0. The van der Waals surface area contributed by atoms with Crippen LogP contribution in [0.4, 0.5) is 0 Å². The van der Waals surface area contributed by atoms with Gasteiger partial charge < -0.3 is 13.9 Å². The number of esters is 1. The molecule has 0 radical (unpaired) electrons. The molecule has 1 aromatic carbocycles. The zero-order valence-electron chi connectivity index (χ0n) is 17.8. The first-order valence-corrected chi connectivity index (χ1v) is 10.8. The predicted octanol–water partition coefficient (Wildman–Crippen LogP) is 6.49. The molecule has 160 valence electrons. The average Bonchev–Trinajstić information content (AvgIpc) is 2.72. The molecule has 0 atom stereocenters. The molecular formula is C24H29NO4S. The number of unbranched alkanes of at least 4 members (excludes halogenated alkanes) is 6. The highest BCUT2D eigenvalue weighted by Gasteiger charge is 2.13. The van der Waals surface area contributed by atoms with E-state index in [0.29, 0.717) is 30.1 Å². The maximum atomic E-state index is 10.9. The van der Waals surface area contributed by atoms with E-state index in [1.807, 2.05) is 26.0 Å². The van der Waals surface area contributed by atoms with Gasteiger partial charge in [0.1, 0.15) is 11.6 Å². The molecule has 2 aromatic rings. The quantitative estimate of drug-likeness (QED) is 0.167. The van der Waals surface area contributed by atoms with Crippen LogP contribution in [0, 0.1) is 29.9 Å². The third-order valence-corrected chi connectivity index (χ3v) is 5.23. The Hall–Kier alpha value is -2.65. The second-order valence-electron chi connectivity index (χ2n) is 7.34. The van der Waals surface area contributed by atoms with Crippen LogP contribution in [0.3, 0.4) is 0 Å². The molecule has 0 saturated carbocycles. The molecule has 6 heteroatoms. The molecule has 0 aliphatic rings. The van der Waals surface area contributed by atoms with Crippen molar-refractivity contribution >= 4 is 29.2 Å². The summed E-state index contributed by atoms with van der Waals surface area (Å²) in [6, 6.07) is 6.07. The molecule has 0 spiro atoms. The number of rotatable bonds is 12. The predicted molar refractivity (Wildman–Crippen MR) is 120 cm³/mol. The fraction of sp³-hybridized carbons (Fsp3) is 0.458. The summed E-state index contributed by atoms with van der Waals surface area (Å²) in [4.78, 5) is 10.9. The lowest BCUT2D eigenvalue weighted by molar-refractivity contribution is -0.137. The number of aryl methyl sites for hydroxylation is 2. The smallest absolute Gasteiger partial charge is 0.330 e. The Morgan fingerprint density at radius 3 is 2.40 bits per heavy atom. The number of carbonyl (C=O) groups excluding carboxylic acids is 1. The van der Waals surface area contributed by atoms with Gasteiger partial charge in [0.2, 0.25) is 4.71 Å². The van der Waals surface area contributed by atoms with Gasteiger partial charge in [0.05, 0.1) is 13.2 Å². The van der Waals surface area contributed by atoms with Gasteiger partial charge in [-0.2, -0.15) is 5.26 Å². The third kappa shape index (κ3) is 6.70. The summed E-state index contributed by atoms with van der Waals surface area (Å²) in [6.07, 6.45) is 8.64. The summed E-state index contributed by atoms with van der Waals surface area (Å²) < 4.78 is 16.9. The Bertz CT molecular complexity index is 987. The van der Waals surface area contributed by atoms with Gasteiger partial charge in [-0.15, -0.1) is 0 Å². The van der Waals surface area contributed by atoms with E-state index in [1.54, 1.807) is 0 Å². The van der Waals surface area contributed by atoms with Crippen LogP contribution in [0.25, 0.3) is 11.0 Å². The Morgan fingerprint density at radius 1 is 1.13 bits per heavy atom. The molecule has 0 saturated heterocycles. The molecule has 0 aliphatic heterocycles. The highest BCUT2D eigenvalue weighted by molar-refractivity contribution is 7.71. The summed E-state index contributed by atoms with van der Waals surface area (Å²) in [6.45, 7) is 8.33. The molecule has 0 aliphatic carbocycles. The number of nitrogens with zero attached hydrogens (tertiary/aromatic N) is 1. The Kier molecular flexibility index (Phi) is 9.56. The molecule has 5 nitrogen and oxygen atoms in total. The van der Waals surface area contributed by atoms with Crippen LogP contribution >= 0.6 is 12.2 Å². The van der Waals surface area contributed by atoms with Crippen LogP contribution < -0.4 is 4.74 Å². The molecular weight excluding hydrogens is 398 g/mol. The lowest BCUT2D eigenvalue weighted by Crippen LogP contribution is -2.01. The molecule has 1 aromatic heterocycles. The number of hydrogen-bond acceptors (Lipinski definition) is 6. The van der Waals surface area contributed by atoms with Crippen LogP contribution in [-0.4, -0.2) is 19.2 Å². The molecule has 1 heterocycles. The van der Waals surface area contributed by atoms with Crippen molar-refractivity contribution in [3.8, 4) is 11.8 Å². The van der Waals surface area contributed by atoms with Crippen LogP contribution in [0.5, 0.6) is 5.75 Å². The fourth-order valence-electron chi connectivity index (χ4n) is 3.29. The summed E-state index contributed by atoms with van der Waals surface area (Å²) in [7, 11) is 0. The van der Waals surface area contributed by atoms with Crippen molar-refractivity contribution in [2.24, 2.45) is 0 Å². The molecule has 0 N–H and O–H groups in total. The summed E-state index contributed by atoms with van der Waals surface area (Å²) in [5.41, 5.74) is 2.90. The first-order valence-electron chi connectivity index (χ1n) is 10.4. The van der Waals surface area contributed by atoms with Crippen molar-refractivity contribution in [1.82, 2.24) is 0 Å². The number of nitriles is 1. The zero-order chi connectivity index (χ0) is 21.9. The second kappa shape index (κ2) is 12.1. The second-order valence-corrected chi connectivity index (χ2v) is 7.71. The fourth-order valence-corrected chi connectivity index (χ4v) is 3.58. The van der Waals surface area contributed by atoms with Gasteiger partial charge in [-0.1, -0.05) is 38.7 Å². The van der Waals surface area contributed by atoms with Crippen molar-refractivity contribution in [2.75, 3.05) is 13.2 Å².